The molecule has 0 aliphatic heterocycles. The highest BCUT2D eigenvalue weighted by atomic mass is 19.4. The molecule has 0 aliphatic carbocycles. The Labute approximate surface area is 96.6 Å². The van der Waals surface area contributed by atoms with Crippen LogP contribution in [0.25, 0.3) is 0 Å². The van der Waals surface area contributed by atoms with Crippen molar-refractivity contribution in [1.29, 1.82) is 5.26 Å². The minimum absolute atomic E-state index is 0.0478. The predicted octanol–water partition coefficient (Wildman–Crippen LogP) is 2.98. The molecule has 5 heteroatoms. The molecule has 0 bridgehead atoms. The Kier molecular flexibility index (Phi) is 4.01. The van der Waals surface area contributed by atoms with E-state index in [-0.39, 0.29) is 12.4 Å². The summed E-state index contributed by atoms with van der Waals surface area (Å²) in [5, 5.41) is 8.57. The fourth-order valence-corrected chi connectivity index (χ4v) is 1.17. The fraction of sp³-hybridized carbons (Fsp3) is 0.250. The van der Waals surface area contributed by atoms with Gasteiger partial charge in [0.1, 0.15) is 5.75 Å². The van der Waals surface area contributed by atoms with Crippen molar-refractivity contribution in [2.75, 3.05) is 6.61 Å². The Morgan fingerprint density at radius 2 is 2.06 bits per heavy atom. The third kappa shape index (κ3) is 3.42. The van der Waals surface area contributed by atoms with Gasteiger partial charge in [0.15, 0.2) is 0 Å². The molecule has 0 fully saturated rings. The van der Waals surface area contributed by atoms with Gasteiger partial charge in [-0.15, -0.1) is 12.3 Å². The molecule has 1 aromatic carbocycles. The topological polar surface area (TPSA) is 33.0 Å². The van der Waals surface area contributed by atoms with Crippen LogP contribution in [0.3, 0.4) is 0 Å². The van der Waals surface area contributed by atoms with E-state index in [1.165, 1.54) is 12.1 Å². The first-order valence-electron chi connectivity index (χ1n) is 4.66. The zero-order chi connectivity index (χ0) is 12.9. The number of halogens is 3. The number of nitriles is 1. The maximum absolute atomic E-state index is 12.6. The van der Waals surface area contributed by atoms with E-state index in [9.17, 15) is 13.2 Å². The summed E-state index contributed by atoms with van der Waals surface area (Å²) in [5.74, 6) is 2.35. The summed E-state index contributed by atoms with van der Waals surface area (Å²) in [6.07, 6.45) is 0.718. The summed E-state index contributed by atoms with van der Waals surface area (Å²) in [6, 6.07) is 4.68. The second kappa shape index (κ2) is 5.27. The Balaban J connectivity index is 2.99. The SMILES string of the molecule is C#CCCOc1ccc(C#N)c(C(F)(F)F)c1. The minimum atomic E-state index is -4.57. The van der Waals surface area contributed by atoms with Gasteiger partial charge < -0.3 is 4.74 Å². The van der Waals surface area contributed by atoms with Crippen LogP contribution in [-0.2, 0) is 6.18 Å². The molecule has 0 amide bonds. The lowest BCUT2D eigenvalue weighted by molar-refractivity contribution is -0.137. The second-order valence-corrected chi connectivity index (χ2v) is 3.12. The van der Waals surface area contributed by atoms with Crippen molar-refractivity contribution in [2.45, 2.75) is 12.6 Å². The Bertz CT molecular complexity index is 480. The highest BCUT2D eigenvalue weighted by molar-refractivity contribution is 5.44. The lowest BCUT2D eigenvalue weighted by atomic mass is 10.1. The molecule has 0 aromatic heterocycles. The lowest BCUT2D eigenvalue weighted by Gasteiger charge is -2.11. The van der Waals surface area contributed by atoms with Gasteiger partial charge in [-0.2, -0.15) is 18.4 Å². The van der Waals surface area contributed by atoms with Gasteiger partial charge in [-0.25, -0.2) is 0 Å². The van der Waals surface area contributed by atoms with Gasteiger partial charge in [-0.1, -0.05) is 0 Å². The van der Waals surface area contributed by atoms with Crippen molar-refractivity contribution in [3.05, 3.63) is 29.3 Å². The molecule has 1 aromatic rings. The van der Waals surface area contributed by atoms with Crippen LogP contribution in [-0.4, -0.2) is 6.61 Å². The monoisotopic (exact) mass is 239 g/mol. The minimum Gasteiger partial charge on any atom is -0.493 e. The first-order valence-corrected chi connectivity index (χ1v) is 4.66. The average Bonchev–Trinajstić information content (AvgIpc) is 2.28. The number of alkyl halides is 3. The predicted molar refractivity (Wildman–Crippen MR) is 55.1 cm³/mol. The molecule has 88 valence electrons. The van der Waals surface area contributed by atoms with Gasteiger partial charge in [-0.3, -0.25) is 0 Å². The number of hydrogen-bond donors (Lipinski definition) is 0. The Morgan fingerprint density at radius 1 is 1.35 bits per heavy atom. The number of rotatable bonds is 3. The van der Waals surface area contributed by atoms with Crippen LogP contribution in [0.1, 0.15) is 17.5 Å². The molecule has 0 atom stereocenters. The van der Waals surface area contributed by atoms with Crippen molar-refractivity contribution in [1.82, 2.24) is 0 Å². The molecular weight excluding hydrogens is 231 g/mol. The Hall–Kier alpha value is -2.14. The van der Waals surface area contributed by atoms with Gasteiger partial charge in [-0.05, 0) is 18.2 Å². The molecule has 0 unspecified atom stereocenters. The molecule has 0 saturated carbocycles. The highest BCUT2D eigenvalue weighted by Gasteiger charge is 2.34. The third-order valence-electron chi connectivity index (χ3n) is 1.93. The summed E-state index contributed by atoms with van der Waals surface area (Å²) >= 11 is 0. The van der Waals surface area contributed by atoms with E-state index < -0.39 is 17.3 Å². The molecule has 0 aliphatic rings. The van der Waals surface area contributed by atoms with Crippen LogP contribution >= 0.6 is 0 Å². The van der Waals surface area contributed by atoms with Crippen LogP contribution in [0.2, 0.25) is 0 Å². The number of nitrogens with zero attached hydrogens (tertiary/aromatic N) is 1. The molecule has 0 heterocycles. The number of ether oxygens (including phenoxy) is 1. The van der Waals surface area contributed by atoms with Crippen LogP contribution in [0.4, 0.5) is 13.2 Å². The molecule has 0 N–H and O–H groups in total. The molecule has 2 nitrogen and oxygen atoms in total. The zero-order valence-electron chi connectivity index (χ0n) is 8.71. The van der Waals surface area contributed by atoms with Gasteiger partial charge in [0, 0.05) is 6.42 Å². The second-order valence-electron chi connectivity index (χ2n) is 3.12. The maximum Gasteiger partial charge on any atom is 0.417 e. The van der Waals surface area contributed by atoms with Crippen LogP contribution < -0.4 is 4.74 Å². The number of benzene rings is 1. The van der Waals surface area contributed by atoms with Crippen LogP contribution in [0.15, 0.2) is 18.2 Å². The molecule has 0 radical (unpaired) electrons. The van der Waals surface area contributed by atoms with Crippen molar-refractivity contribution in [3.63, 3.8) is 0 Å². The quantitative estimate of drug-likeness (QED) is 0.600. The maximum atomic E-state index is 12.6. The molecule has 0 saturated heterocycles. The van der Waals surface area contributed by atoms with Crippen molar-refractivity contribution >= 4 is 0 Å². The molecule has 1 rings (SSSR count). The van der Waals surface area contributed by atoms with E-state index >= 15 is 0 Å². The van der Waals surface area contributed by atoms with Gasteiger partial charge in [0.2, 0.25) is 0 Å². The van der Waals surface area contributed by atoms with Gasteiger partial charge in [0.25, 0.3) is 0 Å². The number of hydrogen-bond acceptors (Lipinski definition) is 2. The van der Waals surface area contributed by atoms with E-state index in [1.807, 2.05) is 0 Å². The van der Waals surface area contributed by atoms with Crippen molar-refractivity contribution in [2.24, 2.45) is 0 Å². The fourth-order valence-electron chi connectivity index (χ4n) is 1.17. The van der Waals surface area contributed by atoms with E-state index in [2.05, 4.69) is 5.92 Å². The first-order chi connectivity index (χ1) is 7.99. The smallest absolute Gasteiger partial charge is 0.417 e. The zero-order valence-corrected chi connectivity index (χ0v) is 8.71. The van der Waals surface area contributed by atoms with E-state index in [1.54, 1.807) is 0 Å². The highest BCUT2D eigenvalue weighted by Crippen LogP contribution is 2.34. The van der Waals surface area contributed by atoms with Gasteiger partial charge >= 0.3 is 6.18 Å². The van der Waals surface area contributed by atoms with E-state index in [0.29, 0.717) is 6.42 Å². The van der Waals surface area contributed by atoms with Crippen molar-refractivity contribution in [3.8, 4) is 24.2 Å². The van der Waals surface area contributed by atoms with Crippen molar-refractivity contribution < 1.29 is 17.9 Å². The van der Waals surface area contributed by atoms with Crippen LogP contribution in [0, 0.1) is 23.7 Å². The van der Waals surface area contributed by atoms with Crippen LogP contribution in [0.5, 0.6) is 5.75 Å². The molecule has 0 spiro atoms. The summed E-state index contributed by atoms with van der Waals surface area (Å²) in [4.78, 5) is 0. The summed E-state index contributed by atoms with van der Waals surface area (Å²) in [7, 11) is 0. The van der Waals surface area contributed by atoms with Gasteiger partial charge in [0.05, 0.1) is 23.8 Å². The lowest BCUT2D eigenvalue weighted by Crippen LogP contribution is -2.08. The normalized spacial score (nSPS) is 10.4. The largest absolute Gasteiger partial charge is 0.493 e. The average molecular weight is 239 g/mol. The Morgan fingerprint density at radius 3 is 2.59 bits per heavy atom. The van der Waals surface area contributed by atoms with E-state index in [4.69, 9.17) is 16.4 Å². The summed E-state index contributed by atoms with van der Waals surface area (Å²) in [6.45, 7) is 0.139. The molecule has 17 heavy (non-hydrogen) atoms. The standard InChI is InChI=1S/C12H8F3NO/c1-2-3-6-17-10-5-4-9(8-16)11(7-10)12(13,14)15/h1,4-5,7H,3,6H2. The summed E-state index contributed by atoms with van der Waals surface area (Å²) < 4.78 is 42.7. The number of terminal acetylenes is 1. The first kappa shape index (κ1) is 12.9. The molecular formula is C12H8F3NO. The third-order valence-corrected chi connectivity index (χ3v) is 1.93. The van der Waals surface area contributed by atoms with E-state index in [0.717, 1.165) is 12.1 Å². The summed E-state index contributed by atoms with van der Waals surface area (Å²) in [5.41, 5.74) is -1.43.